The second kappa shape index (κ2) is 7.20. The Morgan fingerprint density at radius 3 is 2.70 bits per heavy atom. The zero-order valence-corrected chi connectivity index (χ0v) is 15.8. The first-order valence-corrected chi connectivity index (χ1v) is 10.2. The molecule has 3 aliphatic rings. The van der Waals surface area contributed by atoms with Gasteiger partial charge in [0.25, 0.3) is 5.56 Å². The zero-order valence-electron chi connectivity index (χ0n) is 15.8. The van der Waals surface area contributed by atoms with Crippen molar-refractivity contribution in [2.45, 2.75) is 51.1 Å². The highest BCUT2D eigenvalue weighted by molar-refractivity contribution is 5.22. The van der Waals surface area contributed by atoms with E-state index in [0.717, 1.165) is 75.5 Å². The molecule has 1 saturated heterocycles. The van der Waals surface area contributed by atoms with E-state index < -0.39 is 0 Å². The Labute approximate surface area is 158 Å². The number of rotatable bonds is 6. The molecule has 0 spiro atoms. The zero-order chi connectivity index (χ0) is 18.2. The quantitative estimate of drug-likeness (QED) is 0.767. The van der Waals surface area contributed by atoms with Crippen molar-refractivity contribution < 1.29 is 4.52 Å². The molecule has 2 aromatic heterocycles. The van der Waals surface area contributed by atoms with Crippen LogP contribution in [0.5, 0.6) is 0 Å². The third kappa shape index (κ3) is 3.71. The predicted octanol–water partition coefficient (Wildman–Crippen LogP) is 1.42. The molecule has 144 valence electrons. The normalized spacial score (nSPS) is 20.9. The molecule has 2 fully saturated rings. The van der Waals surface area contributed by atoms with Crippen molar-refractivity contribution in [1.29, 1.82) is 0 Å². The van der Waals surface area contributed by atoms with Gasteiger partial charge in [-0.05, 0) is 37.7 Å². The molecule has 0 bridgehead atoms. The van der Waals surface area contributed by atoms with Crippen LogP contribution >= 0.6 is 0 Å². The lowest BCUT2D eigenvalue weighted by atomic mass is 10.1. The lowest BCUT2D eigenvalue weighted by Gasteiger charge is -2.34. The maximum absolute atomic E-state index is 12.2. The van der Waals surface area contributed by atoms with Gasteiger partial charge in [0.2, 0.25) is 0 Å². The average molecular weight is 369 g/mol. The summed E-state index contributed by atoms with van der Waals surface area (Å²) in [7, 11) is 0. The molecule has 2 aromatic rings. The standard InChI is InChI=1S/C20H27N5O2/c26-19-12-16-2-1-3-18(16)22-25(19)11-10-23-6-8-24(9-7-23)14-17-13-21-27-20(17)15-4-5-15/h12-13,15H,1-11,14H2. The van der Waals surface area contributed by atoms with Gasteiger partial charge in [-0.15, -0.1) is 0 Å². The Balaban J connectivity index is 1.12. The van der Waals surface area contributed by atoms with Crippen LogP contribution in [0.2, 0.25) is 0 Å². The first kappa shape index (κ1) is 17.1. The lowest BCUT2D eigenvalue weighted by molar-refractivity contribution is 0.122. The summed E-state index contributed by atoms with van der Waals surface area (Å²) in [5.41, 5.74) is 3.60. The summed E-state index contributed by atoms with van der Waals surface area (Å²) in [6.07, 6.45) is 7.53. The van der Waals surface area contributed by atoms with Gasteiger partial charge >= 0.3 is 0 Å². The molecule has 1 saturated carbocycles. The van der Waals surface area contributed by atoms with Gasteiger partial charge in [-0.1, -0.05) is 5.16 Å². The van der Waals surface area contributed by atoms with Crippen molar-refractivity contribution in [2.24, 2.45) is 0 Å². The Kier molecular flexibility index (Phi) is 4.57. The number of nitrogens with zero attached hydrogens (tertiary/aromatic N) is 5. The van der Waals surface area contributed by atoms with Gasteiger partial charge in [-0.3, -0.25) is 14.6 Å². The lowest BCUT2D eigenvalue weighted by Crippen LogP contribution is -2.47. The van der Waals surface area contributed by atoms with Crippen LogP contribution in [0.15, 0.2) is 21.6 Å². The summed E-state index contributed by atoms with van der Waals surface area (Å²) >= 11 is 0. The van der Waals surface area contributed by atoms with Crippen LogP contribution in [-0.2, 0) is 25.9 Å². The van der Waals surface area contributed by atoms with E-state index in [2.05, 4.69) is 20.1 Å². The van der Waals surface area contributed by atoms with Gasteiger partial charge in [0.05, 0.1) is 18.4 Å². The molecule has 7 heteroatoms. The van der Waals surface area contributed by atoms with Crippen LogP contribution in [0.4, 0.5) is 0 Å². The van der Waals surface area contributed by atoms with Crippen LogP contribution in [-0.4, -0.2) is 57.5 Å². The largest absolute Gasteiger partial charge is 0.361 e. The van der Waals surface area contributed by atoms with E-state index in [4.69, 9.17) is 4.52 Å². The van der Waals surface area contributed by atoms with Gasteiger partial charge in [0.1, 0.15) is 5.76 Å². The predicted molar refractivity (Wildman–Crippen MR) is 101 cm³/mol. The molecule has 5 rings (SSSR count). The van der Waals surface area contributed by atoms with Gasteiger partial charge < -0.3 is 4.52 Å². The van der Waals surface area contributed by atoms with Crippen LogP contribution in [0.3, 0.4) is 0 Å². The fraction of sp³-hybridized carbons (Fsp3) is 0.650. The number of hydrogen-bond acceptors (Lipinski definition) is 6. The van der Waals surface area contributed by atoms with Crippen molar-refractivity contribution in [2.75, 3.05) is 32.7 Å². The summed E-state index contributed by atoms with van der Waals surface area (Å²) in [5.74, 6) is 1.72. The van der Waals surface area contributed by atoms with Gasteiger partial charge in [-0.25, -0.2) is 4.68 Å². The van der Waals surface area contributed by atoms with E-state index in [0.29, 0.717) is 12.5 Å². The topological polar surface area (TPSA) is 67.4 Å². The Morgan fingerprint density at radius 1 is 1.07 bits per heavy atom. The number of hydrogen-bond donors (Lipinski definition) is 0. The van der Waals surface area contributed by atoms with Crippen molar-refractivity contribution in [3.63, 3.8) is 0 Å². The molecule has 0 unspecified atom stereocenters. The molecular weight excluding hydrogens is 342 g/mol. The summed E-state index contributed by atoms with van der Waals surface area (Å²) in [6, 6.07) is 1.80. The average Bonchev–Trinajstić information content (AvgIpc) is 3.25. The first-order valence-electron chi connectivity index (χ1n) is 10.2. The van der Waals surface area contributed by atoms with Crippen molar-refractivity contribution >= 4 is 0 Å². The van der Waals surface area contributed by atoms with E-state index in [1.807, 2.05) is 6.20 Å². The van der Waals surface area contributed by atoms with Crippen molar-refractivity contribution in [3.8, 4) is 0 Å². The second-order valence-corrected chi connectivity index (χ2v) is 8.14. The van der Waals surface area contributed by atoms with Crippen LogP contribution in [0.25, 0.3) is 0 Å². The highest BCUT2D eigenvalue weighted by Crippen LogP contribution is 2.41. The fourth-order valence-electron chi connectivity index (χ4n) is 4.32. The molecule has 1 aliphatic heterocycles. The first-order chi connectivity index (χ1) is 13.3. The Hall–Kier alpha value is -1.99. The van der Waals surface area contributed by atoms with E-state index in [1.54, 1.807) is 10.7 Å². The number of aromatic nitrogens is 3. The molecule has 2 aliphatic carbocycles. The summed E-state index contributed by atoms with van der Waals surface area (Å²) in [4.78, 5) is 17.2. The van der Waals surface area contributed by atoms with Crippen LogP contribution in [0, 0.1) is 0 Å². The molecular formula is C20H27N5O2. The van der Waals surface area contributed by atoms with Gasteiger partial charge in [0, 0.05) is 56.8 Å². The third-order valence-electron chi connectivity index (χ3n) is 6.14. The third-order valence-corrected chi connectivity index (χ3v) is 6.14. The van der Waals surface area contributed by atoms with E-state index >= 15 is 0 Å². The molecule has 0 radical (unpaired) electrons. The van der Waals surface area contributed by atoms with Crippen molar-refractivity contribution in [1.82, 2.24) is 24.7 Å². The minimum atomic E-state index is 0.0503. The summed E-state index contributed by atoms with van der Waals surface area (Å²) < 4.78 is 7.12. The number of fused-ring (bicyclic) bond motifs is 1. The molecule has 0 aromatic carbocycles. The minimum Gasteiger partial charge on any atom is -0.361 e. The second-order valence-electron chi connectivity index (χ2n) is 8.14. The van der Waals surface area contributed by atoms with E-state index in [1.165, 1.54) is 18.4 Å². The van der Waals surface area contributed by atoms with Gasteiger partial charge in [-0.2, -0.15) is 5.10 Å². The fourth-order valence-corrected chi connectivity index (χ4v) is 4.32. The minimum absolute atomic E-state index is 0.0503. The maximum Gasteiger partial charge on any atom is 0.267 e. The molecule has 0 amide bonds. The van der Waals surface area contributed by atoms with Crippen molar-refractivity contribution in [3.05, 3.63) is 45.2 Å². The number of aryl methyl sites for hydroxylation is 2. The van der Waals surface area contributed by atoms with E-state index in [9.17, 15) is 4.79 Å². The molecule has 7 nitrogen and oxygen atoms in total. The molecule has 3 heterocycles. The van der Waals surface area contributed by atoms with E-state index in [-0.39, 0.29) is 5.56 Å². The Bertz CT molecular complexity index is 861. The number of piperazine rings is 1. The summed E-state index contributed by atoms with van der Waals surface area (Å²) in [5, 5.41) is 8.59. The summed E-state index contributed by atoms with van der Waals surface area (Å²) in [6.45, 7) is 6.66. The molecule has 0 atom stereocenters. The van der Waals surface area contributed by atoms with Gasteiger partial charge in [0.15, 0.2) is 0 Å². The maximum atomic E-state index is 12.2. The molecule has 27 heavy (non-hydrogen) atoms. The highest BCUT2D eigenvalue weighted by Gasteiger charge is 2.31. The smallest absolute Gasteiger partial charge is 0.267 e. The SMILES string of the molecule is O=c1cc2c(nn1CCN1CCN(Cc3cnoc3C3CC3)CC1)CCC2. The highest BCUT2D eigenvalue weighted by atomic mass is 16.5. The monoisotopic (exact) mass is 369 g/mol. The van der Waals surface area contributed by atoms with Crippen LogP contribution in [0.1, 0.15) is 47.8 Å². The molecule has 0 N–H and O–H groups in total. The Morgan fingerprint density at radius 2 is 1.89 bits per heavy atom. The van der Waals surface area contributed by atoms with Crippen LogP contribution < -0.4 is 5.56 Å².